The van der Waals surface area contributed by atoms with Gasteiger partial charge in [-0.15, -0.1) is 0 Å². The molecule has 172 valence electrons. The number of benzene rings is 1. The predicted octanol–water partition coefficient (Wildman–Crippen LogP) is 4.03. The van der Waals surface area contributed by atoms with Gasteiger partial charge in [0.25, 0.3) is 0 Å². The van der Waals surface area contributed by atoms with E-state index in [9.17, 15) is 8.42 Å². The first kappa shape index (κ1) is 24.5. The molecule has 2 heterocycles. The largest absolute Gasteiger partial charge is 0.394 e. The molecule has 0 aliphatic rings. The molecule has 0 atom stereocenters. The number of ether oxygens (including phenoxy) is 1. The summed E-state index contributed by atoms with van der Waals surface area (Å²) >= 11 is 12.0. The quantitative estimate of drug-likeness (QED) is 0.331. The van der Waals surface area contributed by atoms with E-state index in [1.807, 2.05) is 19.9 Å². The summed E-state index contributed by atoms with van der Waals surface area (Å²) < 4.78 is 39.3. The van der Waals surface area contributed by atoms with Crippen molar-refractivity contribution in [3.8, 4) is 5.75 Å². The van der Waals surface area contributed by atoms with E-state index in [0.717, 1.165) is 5.56 Å². The Morgan fingerprint density at radius 3 is 2.50 bits per heavy atom. The number of hydrogen-bond acceptors (Lipinski definition) is 7. The fraction of sp³-hybridized carbons (Fsp3) is 0.333. The molecule has 3 rings (SSSR count). The Hall–Kier alpha value is -2.17. The van der Waals surface area contributed by atoms with E-state index in [1.54, 1.807) is 18.5 Å². The maximum Gasteiger partial charge on any atom is 0.357 e. The maximum atomic E-state index is 13.4. The number of hydrogen-bond donors (Lipinski definition) is 1. The van der Waals surface area contributed by atoms with E-state index in [4.69, 9.17) is 37.2 Å². The fourth-order valence-electron chi connectivity index (χ4n) is 3.06. The molecule has 8 nitrogen and oxygen atoms in total. The molecule has 0 amide bonds. The third-order valence-corrected chi connectivity index (χ3v) is 6.13. The molecular formula is C21H23Cl2N3O5S. The van der Waals surface area contributed by atoms with Gasteiger partial charge in [0.15, 0.2) is 5.03 Å². The molecule has 0 aliphatic heterocycles. The molecule has 0 fully saturated rings. The molecule has 11 heteroatoms. The first-order valence-corrected chi connectivity index (χ1v) is 11.9. The van der Waals surface area contributed by atoms with Gasteiger partial charge in [-0.25, -0.2) is 4.98 Å². The van der Waals surface area contributed by atoms with E-state index in [1.165, 1.54) is 22.8 Å². The molecule has 1 N–H and O–H groups in total. The van der Waals surface area contributed by atoms with Crippen LogP contribution in [0.25, 0.3) is 0 Å². The Morgan fingerprint density at radius 1 is 1.19 bits per heavy atom. The van der Waals surface area contributed by atoms with E-state index in [0.29, 0.717) is 11.5 Å². The lowest BCUT2D eigenvalue weighted by atomic mass is 10.1. The van der Waals surface area contributed by atoms with Gasteiger partial charge in [0, 0.05) is 34.6 Å². The highest BCUT2D eigenvalue weighted by Crippen LogP contribution is 2.31. The number of imidazole rings is 1. The monoisotopic (exact) mass is 499 g/mol. The SMILES string of the molecule is CC(C)c1nc(COCCO)n(Cc2cccnc2)c1S(=O)(=O)Oc1cc(Cl)cc(Cl)c1. The highest BCUT2D eigenvalue weighted by Gasteiger charge is 2.31. The Kier molecular flexibility index (Phi) is 8.13. The fourth-order valence-corrected chi connectivity index (χ4v) is 4.97. The Bertz CT molecular complexity index is 1150. The summed E-state index contributed by atoms with van der Waals surface area (Å²) in [6.45, 7) is 3.80. The van der Waals surface area contributed by atoms with Crippen molar-refractivity contribution in [1.82, 2.24) is 14.5 Å². The maximum absolute atomic E-state index is 13.4. The van der Waals surface area contributed by atoms with Crippen LogP contribution in [0.3, 0.4) is 0 Å². The summed E-state index contributed by atoms with van der Waals surface area (Å²) in [5, 5.41) is 9.44. The number of aromatic nitrogens is 3. The zero-order chi connectivity index (χ0) is 23.3. The van der Waals surface area contributed by atoms with Crippen LogP contribution in [0.2, 0.25) is 10.0 Å². The topological polar surface area (TPSA) is 104 Å². The first-order chi connectivity index (χ1) is 15.2. The van der Waals surface area contributed by atoms with Gasteiger partial charge in [-0.3, -0.25) is 4.98 Å². The first-order valence-electron chi connectivity index (χ1n) is 9.78. The lowest BCUT2D eigenvalue weighted by molar-refractivity contribution is 0.0758. The van der Waals surface area contributed by atoms with Crippen LogP contribution < -0.4 is 4.18 Å². The lowest BCUT2D eigenvalue weighted by Crippen LogP contribution is -2.19. The molecule has 3 aromatic rings. The molecule has 0 radical (unpaired) electrons. The third kappa shape index (κ3) is 5.99. The smallest absolute Gasteiger partial charge is 0.357 e. The van der Waals surface area contributed by atoms with Gasteiger partial charge in [-0.2, -0.15) is 8.42 Å². The molecular weight excluding hydrogens is 477 g/mol. The lowest BCUT2D eigenvalue weighted by Gasteiger charge is -2.15. The van der Waals surface area contributed by atoms with Crippen LogP contribution >= 0.6 is 23.2 Å². The number of halogens is 2. The average Bonchev–Trinajstić information content (AvgIpc) is 3.07. The number of nitrogens with zero attached hydrogens (tertiary/aromatic N) is 3. The number of aliphatic hydroxyl groups excluding tert-OH is 1. The Balaban J connectivity index is 2.11. The van der Waals surface area contributed by atoms with Crippen molar-refractivity contribution in [2.24, 2.45) is 0 Å². The van der Waals surface area contributed by atoms with Crippen molar-refractivity contribution in [3.05, 3.63) is 69.9 Å². The normalized spacial score (nSPS) is 11.8. The number of aliphatic hydroxyl groups is 1. The van der Waals surface area contributed by atoms with Gasteiger partial charge < -0.3 is 18.6 Å². The van der Waals surface area contributed by atoms with Crippen LogP contribution in [0.4, 0.5) is 0 Å². The van der Waals surface area contributed by atoms with Crippen LogP contribution in [0, 0.1) is 0 Å². The van der Waals surface area contributed by atoms with Gasteiger partial charge in [0.2, 0.25) is 0 Å². The summed E-state index contributed by atoms with van der Waals surface area (Å²) in [6, 6.07) is 7.80. The summed E-state index contributed by atoms with van der Waals surface area (Å²) in [5.41, 5.74) is 1.11. The van der Waals surface area contributed by atoms with E-state index >= 15 is 0 Å². The minimum Gasteiger partial charge on any atom is -0.394 e. The second kappa shape index (κ2) is 10.6. The van der Waals surface area contributed by atoms with Crippen molar-refractivity contribution < 1.29 is 22.4 Å². The van der Waals surface area contributed by atoms with E-state index in [-0.39, 0.29) is 53.1 Å². The van der Waals surface area contributed by atoms with Crippen molar-refractivity contribution in [1.29, 1.82) is 0 Å². The molecule has 0 bridgehead atoms. The molecule has 2 aromatic heterocycles. The van der Waals surface area contributed by atoms with Crippen molar-refractivity contribution in [3.63, 3.8) is 0 Å². The van der Waals surface area contributed by atoms with Crippen LogP contribution in [0.5, 0.6) is 5.75 Å². The zero-order valence-electron chi connectivity index (χ0n) is 17.5. The average molecular weight is 500 g/mol. The molecule has 32 heavy (non-hydrogen) atoms. The summed E-state index contributed by atoms with van der Waals surface area (Å²) in [4.78, 5) is 8.64. The van der Waals surface area contributed by atoms with Gasteiger partial charge in [0.1, 0.15) is 18.2 Å². The molecule has 0 aliphatic carbocycles. The van der Waals surface area contributed by atoms with Gasteiger partial charge >= 0.3 is 10.1 Å². The summed E-state index contributed by atoms with van der Waals surface area (Å²) in [5.74, 6) is 0.153. The van der Waals surface area contributed by atoms with Crippen LogP contribution in [0.1, 0.15) is 36.8 Å². The molecule has 0 unspecified atom stereocenters. The van der Waals surface area contributed by atoms with Crippen molar-refractivity contribution >= 4 is 33.3 Å². The molecule has 0 saturated carbocycles. The number of pyridine rings is 1. The standard InChI is InChI=1S/C21H23Cl2N3O5S/c1-14(2)20-21(32(28,29)31-18-9-16(22)8-17(23)10-18)26(12-15-4-3-5-24-11-15)19(25-20)13-30-7-6-27/h3-5,8-11,14,27H,6-7,12-13H2,1-2H3. The second-order valence-electron chi connectivity index (χ2n) is 7.24. The number of rotatable bonds is 10. The molecule has 0 saturated heterocycles. The Morgan fingerprint density at radius 2 is 1.91 bits per heavy atom. The van der Waals surface area contributed by atoms with Crippen LogP contribution in [-0.4, -0.2) is 41.3 Å². The van der Waals surface area contributed by atoms with E-state index < -0.39 is 10.1 Å². The van der Waals surface area contributed by atoms with Crippen molar-refractivity contribution in [2.75, 3.05) is 13.2 Å². The summed E-state index contributed by atoms with van der Waals surface area (Å²) in [6.07, 6.45) is 3.27. The Labute approximate surface area is 196 Å². The minimum absolute atomic E-state index is 0.00980. The third-order valence-electron chi connectivity index (χ3n) is 4.38. The van der Waals surface area contributed by atoms with Crippen LogP contribution in [0.15, 0.2) is 47.8 Å². The second-order valence-corrected chi connectivity index (χ2v) is 9.57. The van der Waals surface area contributed by atoms with E-state index in [2.05, 4.69) is 9.97 Å². The summed E-state index contributed by atoms with van der Waals surface area (Å²) in [7, 11) is -4.33. The highest BCUT2D eigenvalue weighted by molar-refractivity contribution is 7.87. The van der Waals surface area contributed by atoms with Gasteiger partial charge in [0.05, 0.1) is 25.5 Å². The van der Waals surface area contributed by atoms with Crippen LogP contribution in [-0.2, 0) is 28.0 Å². The molecule has 1 aromatic carbocycles. The zero-order valence-corrected chi connectivity index (χ0v) is 19.9. The molecule has 0 spiro atoms. The highest BCUT2D eigenvalue weighted by atomic mass is 35.5. The van der Waals surface area contributed by atoms with Crippen molar-refractivity contribution in [2.45, 2.75) is 37.9 Å². The van der Waals surface area contributed by atoms with Gasteiger partial charge in [-0.1, -0.05) is 43.1 Å². The minimum atomic E-state index is -4.33. The van der Waals surface area contributed by atoms with Gasteiger partial charge in [-0.05, 0) is 23.6 Å². The predicted molar refractivity (Wildman–Crippen MR) is 121 cm³/mol.